The van der Waals surface area contributed by atoms with Gasteiger partial charge in [-0.05, 0) is 43.1 Å². The Bertz CT molecular complexity index is 635. The molecule has 0 bridgehead atoms. The molecule has 1 fully saturated rings. The lowest BCUT2D eigenvalue weighted by Crippen LogP contribution is -2.41. The highest BCUT2D eigenvalue weighted by Crippen LogP contribution is 2.28. The zero-order valence-electron chi connectivity index (χ0n) is 14.8. The van der Waals surface area contributed by atoms with E-state index in [0.29, 0.717) is 18.1 Å². The molecule has 0 saturated heterocycles. The summed E-state index contributed by atoms with van der Waals surface area (Å²) in [4.78, 5) is 0.240. The van der Waals surface area contributed by atoms with E-state index in [2.05, 4.69) is 19.2 Å². The molecule has 1 saturated carbocycles. The summed E-state index contributed by atoms with van der Waals surface area (Å²) in [6.45, 7) is 5.24. The number of rotatable bonds is 7. The van der Waals surface area contributed by atoms with Crippen molar-refractivity contribution >= 4 is 22.2 Å². The minimum atomic E-state index is -3.22. The van der Waals surface area contributed by atoms with Crippen molar-refractivity contribution in [1.82, 2.24) is 5.32 Å². The lowest BCUT2D eigenvalue weighted by atomic mass is 10.1. The fraction of sp³-hybridized carbons (Fsp3) is 0.647. The fourth-order valence-electron chi connectivity index (χ4n) is 2.87. The third-order valence-corrected chi connectivity index (χ3v) is 5.43. The summed E-state index contributed by atoms with van der Waals surface area (Å²) < 4.78 is 28.5. The normalized spacial score (nSPS) is 26.5. The van der Waals surface area contributed by atoms with E-state index in [1.165, 1.54) is 12.1 Å². The molecular weight excluding hydrogens is 366 g/mol. The second-order valence-electron chi connectivity index (χ2n) is 6.94. The number of halogens is 1. The van der Waals surface area contributed by atoms with Gasteiger partial charge in [-0.1, -0.05) is 13.8 Å². The molecule has 8 heteroatoms. The molecule has 1 aliphatic rings. The van der Waals surface area contributed by atoms with Gasteiger partial charge in [0.05, 0.1) is 23.7 Å². The van der Waals surface area contributed by atoms with E-state index in [9.17, 15) is 18.6 Å². The van der Waals surface area contributed by atoms with Crippen molar-refractivity contribution in [3.05, 3.63) is 24.3 Å². The summed E-state index contributed by atoms with van der Waals surface area (Å²) in [5.74, 6) is 0.847. The van der Waals surface area contributed by atoms with Crippen LogP contribution in [-0.2, 0) is 9.84 Å². The van der Waals surface area contributed by atoms with Gasteiger partial charge in [-0.25, -0.2) is 8.42 Å². The molecule has 6 nitrogen and oxygen atoms in total. The van der Waals surface area contributed by atoms with Crippen LogP contribution in [0.15, 0.2) is 29.2 Å². The zero-order chi connectivity index (χ0) is 17.9. The van der Waals surface area contributed by atoms with Gasteiger partial charge in [0.1, 0.15) is 5.75 Å². The van der Waals surface area contributed by atoms with Crippen molar-refractivity contribution < 1.29 is 23.4 Å². The Morgan fingerprint density at radius 1 is 1.20 bits per heavy atom. The first-order valence-corrected chi connectivity index (χ1v) is 10.1. The molecule has 0 spiro atoms. The third kappa shape index (κ3) is 6.11. The second kappa shape index (κ2) is 9.19. The lowest BCUT2D eigenvalue weighted by molar-refractivity contribution is 0.00202. The van der Waals surface area contributed by atoms with Gasteiger partial charge in [-0.15, -0.1) is 12.4 Å². The molecule has 1 aliphatic carbocycles. The number of aliphatic hydroxyl groups excluding tert-OH is 2. The third-order valence-electron chi connectivity index (χ3n) is 4.31. The van der Waals surface area contributed by atoms with E-state index in [-0.39, 0.29) is 35.9 Å². The van der Waals surface area contributed by atoms with Crippen LogP contribution in [-0.4, -0.2) is 56.3 Å². The van der Waals surface area contributed by atoms with Gasteiger partial charge >= 0.3 is 0 Å². The van der Waals surface area contributed by atoms with E-state index in [1.807, 2.05) is 0 Å². The summed E-state index contributed by atoms with van der Waals surface area (Å²) >= 11 is 0. The average Bonchev–Trinajstić information content (AvgIpc) is 2.78. The second-order valence-corrected chi connectivity index (χ2v) is 8.96. The van der Waals surface area contributed by atoms with Gasteiger partial charge in [-0.2, -0.15) is 0 Å². The van der Waals surface area contributed by atoms with E-state index in [1.54, 1.807) is 12.1 Å². The van der Waals surface area contributed by atoms with Crippen molar-refractivity contribution in [3.63, 3.8) is 0 Å². The maximum atomic E-state index is 11.4. The Kier molecular flexibility index (Phi) is 8.15. The zero-order valence-corrected chi connectivity index (χ0v) is 16.4. The molecular formula is C17H28ClNO5S. The van der Waals surface area contributed by atoms with Crippen LogP contribution in [0, 0.1) is 11.8 Å². The maximum Gasteiger partial charge on any atom is 0.175 e. The van der Waals surface area contributed by atoms with Gasteiger partial charge in [0.2, 0.25) is 0 Å². The fourth-order valence-corrected chi connectivity index (χ4v) is 3.50. The first-order valence-electron chi connectivity index (χ1n) is 8.21. The highest BCUT2D eigenvalue weighted by atomic mass is 35.5. The number of aliphatic hydroxyl groups is 2. The number of hydrogen-bond acceptors (Lipinski definition) is 6. The number of benzene rings is 1. The van der Waals surface area contributed by atoms with E-state index in [4.69, 9.17) is 4.74 Å². The molecule has 0 heterocycles. The topological polar surface area (TPSA) is 95.9 Å². The van der Waals surface area contributed by atoms with Gasteiger partial charge in [-0.3, -0.25) is 0 Å². The van der Waals surface area contributed by atoms with Gasteiger partial charge in [0, 0.05) is 18.2 Å². The predicted octanol–water partition coefficient (Wildman–Crippen LogP) is 1.25. The van der Waals surface area contributed by atoms with Crippen molar-refractivity contribution in [1.29, 1.82) is 0 Å². The molecule has 0 aliphatic heterocycles. The van der Waals surface area contributed by atoms with Crippen molar-refractivity contribution in [3.8, 4) is 5.75 Å². The van der Waals surface area contributed by atoms with Crippen LogP contribution in [0.4, 0.5) is 0 Å². The number of ether oxygens (including phenoxy) is 1. The van der Waals surface area contributed by atoms with Crippen LogP contribution in [0.1, 0.15) is 20.3 Å². The van der Waals surface area contributed by atoms with Crippen LogP contribution in [0.3, 0.4) is 0 Å². The smallest absolute Gasteiger partial charge is 0.175 e. The summed E-state index contributed by atoms with van der Waals surface area (Å²) in [6, 6.07) is 6.06. The molecule has 144 valence electrons. The van der Waals surface area contributed by atoms with Gasteiger partial charge in [0.25, 0.3) is 0 Å². The first-order chi connectivity index (χ1) is 11.2. The minimum Gasteiger partial charge on any atom is -0.493 e. The van der Waals surface area contributed by atoms with Crippen LogP contribution in [0.2, 0.25) is 0 Å². The van der Waals surface area contributed by atoms with Crippen molar-refractivity contribution in [2.75, 3.05) is 19.4 Å². The largest absolute Gasteiger partial charge is 0.493 e. The lowest BCUT2D eigenvalue weighted by Gasteiger charge is -2.19. The molecule has 0 aromatic heterocycles. The molecule has 1 aromatic carbocycles. The Morgan fingerprint density at radius 3 is 2.32 bits per heavy atom. The average molecular weight is 394 g/mol. The summed E-state index contributed by atoms with van der Waals surface area (Å²) in [5.41, 5.74) is 0. The minimum absolute atomic E-state index is 0. The van der Waals surface area contributed by atoms with Gasteiger partial charge < -0.3 is 20.3 Å². The monoisotopic (exact) mass is 393 g/mol. The first kappa shape index (κ1) is 22.2. The van der Waals surface area contributed by atoms with Crippen LogP contribution in [0.25, 0.3) is 0 Å². The van der Waals surface area contributed by atoms with Crippen LogP contribution in [0.5, 0.6) is 5.75 Å². The standard InChI is InChI=1S/C17H27NO5S.ClH/c1-11(2)9-18-15-8-12(16(19)17(15)20)10-23-13-4-6-14(7-5-13)24(3,21)22;/h4-7,11-12,15-20H,8-10H2,1-3H3;1H/t12-,15-,16-,17+;/m1./s1. The van der Waals surface area contributed by atoms with E-state index >= 15 is 0 Å². The Labute approximate surface area is 155 Å². The highest BCUT2D eigenvalue weighted by Gasteiger charge is 2.41. The Morgan fingerprint density at radius 2 is 1.80 bits per heavy atom. The number of sulfone groups is 1. The van der Waals surface area contributed by atoms with E-state index in [0.717, 1.165) is 12.8 Å². The molecule has 2 rings (SSSR count). The van der Waals surface area contributed by atoms with Crippen LogP contribution < -0.4 is 10.1 Å². The predicted molar refractivity (Wildman–Crippen MR) is 99.0 cm³/mol. The summed E-state index contributed by atoms with van der Waals surface area (Å²) in [5, 5.41) is 23.6. The van der Waals surface area contributed by atoms with Crippen molar-refractivity contribution in [2.24, 2.45) is 11.8 Å². The Balaban J connectivity index is 0.00000312. The molecule has 4 atom stereocenters. The SMILES string of the molecule is CC(C)CN[C@@H]1C[C@H](COc2ccc(S(C)(=O)=O)cc2)[C@@H](O)[C@H]1O.Cl. The molecule has 3 N–H and O–H groups in total. The Hall–Kier alpha value is -0.860. The summed E-state index contributed by atoms with van der Waals surface area (Å²) in [7, 11) is -3.22. The molecule has 0 amide bonds. The maximum absolute atomic E-state index is 11.4. The number of nitrogens with one attached hydrogen (secondary N) is 1. The molecule has 1 aromatic rings. The highest BCUT2D eigenvalue weighted by molar-refractivity contribution is 7.90. The molecule has 0 radical (unpaired) electrons. The quantitative estimate of drug-likeness (QED) is 0.645. The number of hydrogen-bond donors (Lipinski definition) is 3. The van der Waals surface area contributed by atoms with Crippen molar-refractivity contribution in [2.45, 2.75) is 43.4 Å². The molecule has 0 unspecified atom stereocenters. The van der Waals surface area contributed by atoms with E-state index < -0.39 is 22.0 Å². The van der Waals surface area contributed by atoms with Crippen LogP contribution >= 0.6 is 12.4 Å². The molecule has 25 heavy (non-hydrogen) atoms. The summed E-state index contributed by atoms with van der Waals surface area (Å²) in [6.07, 6.45) is 0.162. The van der Waals surface area contributed by atoms with Gasteiger partial charge in [0.15, 0.2) is 9.84 Å².